The second kappa shape index (κ2) is 8.02. The minimum Gasteiger partial charge on any atom is -0.467 e. The maximum atomic E-state index is 12.7. The first-order valence-corrected chi connectivity index (χ1v) is 8.45. The number of nitrogens with zero attached hydrogens (tertiary/aromatic N) is 3. The molecule has 0 saturated carbocycles. The molecule has 1 fully saturated rings. The monoisotopic (exact) mass is 344 g/mol. The van der Waals surface area contributed by atoms with E-state index in [1.54, 1.807) is 17.4 Å². The highest BCUT2D eigenvalue weighted by molar-refractivity contribution is 5.89. The summed E-state index contributed by atoms with van der Waals surface area (Å²) in [5.74, 6) is 1.58. The Morgan fingerprint density at radius 1 is 1.36 bits per heavy atom. The van der Waals surface area contributed by atoms with E-state index in [4.69, 9.17) is 9.15 Å². The molecule has 0 aromatic carbocycles. The number of hydrogen-bond acceptors (Lipinski definition) is 5. The number of nitrogens with one attached hydrogen (secondary N) is 1. The summed E-state index contributed by atoms with van der Waals surface area (Å²) in [5.41, 5.74) is 0.660. The first-order chi connectivity index (χ1) is 12.1. The van der Waals surface area contributed by atoms with Gasteiger partial charge in [0, 0.05) is 27.2 Å². The minimum atomic E-state index is -0.189. The van der Waals surface area contributed by atoms with Gasteiger partial charge in [0.1, 0.15) is 11.6 Å². The normalized spacial score (nSPS) is 16.6. The van der Waals surface area contributed by atoms with E-state index in [1.807, 2.05) is 43.3 Å². The lowest BCUT2D eigenvalue weighted by Crippen LogP contribution is -2.39. The molecule has 7 nitrogen and oxygen atoms in total. The van der Waals surface area contributed by atoms with E-state index in [0.29, 0.717) is 18.8 Å². The van der Waals surface area contributed by atoms with Crippen LogP contribution in [0.3, 0.4) is 0 Å². The highest BCUT2D eigenvalue weighted by atomic mass is 16.5. The molecule has 0 spiro atoms. The van der Waals surface area contributed by atoms with Gasteiger partial charge >= 0.3 is 6.03 Å². The molecule has 2 amide bonds. The highest BCUT2D eigenvalue weighted by Gasteiger charge is 2.23. The van der Waals surface area contributed by atoms with Crippen molar-refractivity contribution >= 4 is 17.5 Å². The number of anilines is 2. The third-order valence-electron chi connectivity index (χ3n) is 4.12. The van der Waals surface area contributed by atoms with Crippen molar-refractivity contribution in [2.45, 2.75) is 25.5 Å². The van der Waals surface area contributed by atoms with Crippen LogP contribution in [-0.4, -0.2) is 49.3 Å². The van der Waals surface area contributed by atoms with Crippen LogP contribution >= 0.6 is 0 Å². The molecule has 1 aliphatic rings. The van der Waals surface area contributed by atoms with Crippen LogP contribution in [-0.2, 0) is 11.3 Å². The fraction of sp³-hybridized carbons (Fsp3) is 0.444. The molecule has 25 heavy (non-hydrogen) atoms. The topological polar surface area (TPSA) is 70.8 Å². The Morgan fingerprint density at radius 2 is 2.24 bits per heavy atom. The fourth-order valence-corrected chi connectivity index (χ4v) is 2.77. The molecule has 3 heterocycles. The molecule has 1 N–H and O–H groups in total. The summed E-state index contributed by atoms with van der Waals surface area (Å²) < 4.78 is 11.1. The maximum Gasteiger partial charge on any atom is 0.322 e. The smallest absolute Gasteiger partial charge is 0.322 e. The molecule has 0 radical (unpaired) electrons. The molecule has 1 atom stereocenters. The van der Waals surface area contributed by atoms with Crippen LogP contribution in [0.2, 0.25) is 0 Å². The number of aromatic nitrogens is 1. The first kappa shape index (κ1) is 17.3. The quantitative estimate of drug-likeness (QED) is 0.872. The average molecular weight is 344 g/mol. The Bertz CT molecular complexity index is 664. The average Bonchev–Trinajstić information content (AvgIpc) is 3.28. The predicted octanol–water partition coefficient (Wildman–Crippen LogP) is 2.95. The lowest BCUT2D eigenvalue weighted by atomic mass is 10.2. The molecule has 1 aliphatic heterocycles. The van der Waals surface area contributed by atoms with Crippen LogP contribution in [0.1, 0.15) is 18.6 Å². The van der Waals surface area contributed by atoms with Crippen molar-refractivity contribution in [1.29, 1.82) is 0 Å². The van der Waals surface area contributed by atoms with E-state index in [-0.39, 0.29) is 12.1 Å². The van der Waals surface area contributed by atoms with Crippen molar-refractivity contribution in [2.24, 2.45) is 0 Å². The van der Waals surface area contributed by atoms with Crippen LogP contribution < -0.4 is 10.2 Å². The minimum absolute atomic E-state index is 0.0787. The van der Waals surface area contributed by atoms with Crippen molar-refractivity contribution in [3.63, 3.8) is 0 Å². The maximum absolute atomic E-state index is 12.7. The molecule has 7 heteroatoms. The van der Waals surface area contributed by atoms with Gasteiger partial charge < -0.3 is 24.3 Å². The number of ether oxygens (including phenoxy) is 1. The zero-order valence-corrected chi connectivity index (χ0v) is 14.6. The molecule has 0 unspecified atom stereocenters. The number of urea groups is 1. The number of furan rings is 1. The summed E-state index contributed by atoms with van der Waals surface area (Å²) in [5, 5.41) is 2.90. The van der Waals surface area contributed by atoms with Crippen molar-refractivity contribution < 1.29 is 13.9 Å². The van der Waals surface area contributed by atoms with Crippen molar-refractivity contribution in [3.05, 3.63) is 42.5 Å². The molecule has 1 saturated heterocycles. The van der Waals surface area contributed by atoms with Crippen molar-refractivity contribution in [1.82, 2.24) is 9.88 Å². The van der Waals surface area contributed by atoms with E-state index in [9.17, 15) is 4.79 Å². The van der Waals surface area contributed by atoms with Crippen LogP contribution in [0.5, 0.6) is 0 Å². The molecule has 0 bridgehead atoms. The standard InChI is InChI=1S/C18H24N4O3/c1-21(2)17-8-7-14(11-19-17)20-18(23)22(12-15-5-3-9-24-15)13-16-6-4-10-25-16/h3,5,7-9,11,16H,4,6,10,12-13H2,1-2H3,(H,20,23)/t16-/m0/s1. The number of amides is 2. The Hall–Kier alpha value is -2.54. The molecule has 2 aromatic heterocycles. The first-order valence-electron chi connectivity index (χ1n) is 8.45. The zero-order chi connectivity index (χ0) is 17.6. The largest absolute Gasteiger partial charge is 0.467 e. The van der Waals surface area contributed by atoms with Gasteiger partial charge in [-0.15, -0.1) is 0 Å². The molecular weight excluding hydrogens is 320 g/mol. The summed E-state index contributed by atoms with van der Waals surface area (Å²) in [6.07, 6.45) is 5.36. The Balaban J connectivity index is 1.66. The van der Waals surface area contributed by atoms with Crippen LogP contribution in [0.25, 0.3) is 0 Å². The predicted molar refractivity (Wildman–Crippen MR) is 95.7 cm³/mol. The van der Waals surface area contributed by atoms with Crippen LogP contribution in [0, 0.1) is 0 Å². The summed E-state index contributed by atoms with van der Waals surface area (Å²) >= 11 is 0. The van der Waals surface area contributed by atoms with Crippen molar-refractivity contribution in [2.75, 3.05) is 37.5 Å². The van der Waals surface area contributed by atoms with Crippen LogP contribution in [0.4, 0.5) is 16.3 Å². The molecule has 134 valence electrons. The van der Waals surface area contributed by atoms with E-state index in [1.165, 1.54) is 0 Å². The zero-order valence-electron chi connectivity index (χ0n) is 14.6. The fourth-order valence-electron chi connectivity index (χ4n) is 2.77. The van der Waals surface area contributed by atoms with Gasteiger partial charge in [0.25, 0.3) is 0 Å². The van der Waals surface area contributed by atoms with Gasteiger partial charge in [-0.1, -0.05) is 0 Å². The highest BCUT2D eigenvalue weighted by Crippen LogP contribution is 2.17. The lowest BCUT2D eigenvalue weighted by Gasteiger charge is -2.25. The number of pyridine rings is 1. The lowest BCUT2D eigenvalue weighted by molar-refractivity contribution is 0.0803. The molecule has 3 rings (SSSR count). The van der Waals surface area contributed by atoms with Gasteiger partial charge in [-0.3, -0.25) is 0 Å². The molecular formula is C18H24N4O3. The third-order valence-corrected chi connectivity index (χ3v) is 4.12. The van der Waals surface area contributed by atoms with E-state index in [0.717, 1.165) is 31.0 Å². The van der Waals surface area contributed by atoms with Gasteiger partial charge in [-0.05, 0) is 37.1 Å². The van der Waals surface area contributed by atoms with E-state index >= 15 is 0 Å². The summed E-state index contributed by atoms with van der Waals surface area (Å²) in [6, 6.07) is 7.21. The van der Waals surface area contributed by atoms with Crippen molar-refractivity contribution in [3.8, 4) is 0 Å². The second-order valence-electron chi connectivity index (χ2n) is 6.32. The Labute approximate surface area is 147 Å². The van der Waals surface area contributed by atoms with Crippen LogP contribution in [0.15, 0.2) is 41.1 Å². The summed E-state index contributed by atoms with van der Waals surface area (Å²) in [6.45, 7) is 1.70. The summed E-state index contributed by atoms with van der Waals surface area (Å²) in [7, 11) is 3.85. The Morgan fingerprint density at radius 3 is 2.84 bits per heavy atom. The van der Waals surface area contributed by atoms with Gasteiger partial charge in [0.15, 0.2) is 0 Å². The number of hydrogen-bond donors (Lipinski definition) is 1. The number of carbonyl (C=O) groups is 1. The van der Waals surface area contributed by atoms with E-state index < -0.39 is 0 Å². The van der Waals surface area contributed by atoms with E-state index in [2.05, 4.69) is 10.3 Å². The van der Waals surface area contributed by atoms with Gasteiger partial charge in [-0.25, -0.2) is 9.78 Å². The third kappa shape index (κ3) is 4.73. The molecule has 0 aliphatic carbocycles. The van der Waals surface area contributed by atoms with Gasteiger partial charge in [-0.2, -0.15) is 0 Å². The van der Waals surface area contributed by atoms with Gasteiger partial charge in [0.05, 0.1) is 30.8 Å². The molecule has 2 aromatic rings. The SMILES string of the molecule is CN(C)c1ccc(NC(=O)N(Cc2ccco2)C[C@@H]2CCCO2)cn1. The van der Waals surface area contributed by atoms with Gasteiger partial charge in [0.2, 0.25) is 0 Å². The Kier molecular flexibility index (Phi) is 5.55. The number of carbonyl (C=O) groups excluding carboxylic acids is 1. The number of rotatable bonds is 6. The summed E-state index contributed by atoms with van der Waals surface area (Å²) in [4.78, 5) is 20.7. The second-order valence-corrected chi connectivity index (χ2v) is 6.32.